The molecular weight excluding hydrogens is 321 g/mol. The summed E-state index contributed by atoms with van der Waals surface area (Å²) in [5.74, 6) is 0.333. The number of carbonyl (C=O) groups excluding carboxylic acids is 1. The minimum atomic E-state index is -0.299. The third kappa shape index (κ3) is 2.82. The molecule has 1 N–H and O–H groups in total. The fourth-order valence-electron chi connectivity index (χ4n) is 3.31. The maximum Gasteiger partial charge on any atom is 0.257 e. The van der Waals surface area contributed by atoms with E-state index in [1.54, 1.807) is 53.4 Å². The van der Waals surface area contributed by atoms with Crippen molar-refractivity contribution in [3.63, 3.8) is 0 Å². The second-order valence-electron chi connectivity index (χ2n) is 6.22. The van der Waals surface area contributed by atoms with Crippen molar-refractivity contribution in [1.82, 2.24) is 24.6 Å². The molecule has 1 aliphatic rings. The lowest BCUT2D eigenvalue weighted by Crippen LogP contribution is -2.30. The number of halogens is 1. The van der Waals surface area contributed by atoms with Crippen LogP contribution in [0.3, 0.4) is 0 Å². The van der Waals surface area contributed by atoms with Crippen molar-refractivity contribution in [2.45, 2.75) is 18.9 Å². The number of nitrogens with one attached hydrogen (secondary N) is 1. The molecular formula is C18H18FN5O. The van der Waals surface area contributed by atoms with Gasteiger partial charge in [-0.1, -0.05) is 12.1 Å². The summed E-state index contributed by atoms with van der Waals surface area (Å²) < 4.78 is 15.6. The molecule has 0 saturated carbocycles. The number of H-pyrrole nitrogens is 1. The summed E-state index contributed by atoms with van der Waals surface area (Å²) in [6.07, 6.45) is 6.65. The Morgan fingerprint density at radius 3 is 2.92 bits per heavy atom. The van der Waals surface area contributed by atoms with Crippen molar-refractivity contribution >= 4 is 5.91 Å². The first-order chi connectivity index (χ1) is 12.1. The number of aromatic amines is 1. The van der Waals surface area contributed by atoms with E-state index in [9.17, 15) is 9.18 Å². The Balaban J connectivity index is 1.61. The molecule has 1 amide bonds. The molecule has 2 aromatic heterocycles. The molecule has 1 saturated heterocycles. The van der Waals surface area contributed by atoms with E-state index >= 15 is 0 Å². The molecule has 0 radical (unpaired) electrons. The van der Waals surface area contributed by atoms with Gasteiger partial charge < -0.3 is 9.88 Å². The van der Waals surface area contributed by atoms with Crippen LogP contribution in [0.1, 0.15) is 35.1 Å². The summed E-state index contributed by atoms with van der Waals surface area (Å²) >= 11 is 0. The summed E-state index contributed by atoms with van der Waals surface area (Å²) in [6.45, 7) is 0.675. The van der Waals surface area contributed by atoms with Gasteiger partial charge in [0.15, 0.2) is 0 Å². The summed E-state index contributed by atoms with van der Waals surface area (Å²) in [6, 6.07) is 6.44. The summed E-state index contributed by atoms with van der Waals surface area (Å²) in [5.41, 5.74) is 1.66. The number of hydrogen-bond acceptors (Lipinski definition) is 3. The zero-order valence-electron chi connectivity index (χ0n) is 13.8. The molecule has 25 heavy (non-hydrogen) atoms. The molecule has 3 heterocycles. The molecule has 0 bridgehead atoms. The average Bonchev–Trinajstić information content (AvgIpc) is 3.34. The number of nitrogens with zero attached hydrogens (tertiary/aromatic N) is 4. The van der Waals surface area contributed by atoms with E-state index in [1.165, 1.54) is 6.07 Å². The lowest BCUT2D eigenvalue weighted by atomic mass is 10.1. The number of benzene rings is 1. The topological polar surface area (TPSA) is 66.8 Å². The van der Waals surface area contributed by atoms with E-state index in [0.717, 1.165) is 12.8 Å². The highest BCUT2D eigenvalue weighted by molar-refractivity contribution is 5.94. The van der Waals surface area contributed by atoms with Gasteiger partial charge in [-0.05, 0) is 25.0 Å². The molecule has 1 atom stereocenters. The van der Waals surface area contributed by atoms with Crippen LogP contribution in [-0.4, -0.2) is 37.1 Å². The van der Waals surface area contributed by atoms with Gasteiger partial charge in [0.1, 0.15) is 11.6 Å². The molecule has 6 nitrogen and oxygen atoms in total. The van der Waals surface area contributed by atoms with Crippen LogP contribution in [0.15, 0.2) is 42.9 Å². The molecule has 128 valence electrons. The first-order valence-corrected chi connectivity index (χ1v) is 8.23. The van der Waals surface area contributed by atoms with Crippen LogP contribution >= 0.6 is 0 Å². The number of aromatic nitrogens is 4. The molecule has 1 unspecified atom stereocenters. The molecule has 1 fully saturated rings. The van der Waals surface area contributed by atoms with E-state index in [0.29, 0.717) is 29.2 Å². The smallest absolute Gasteiger partial charge is 0.257 e. The number of likely N-dealkylation sites (tertiary alicyclic amines) is 1. The Bertz CT molecular complexity index is 916. The Morgan fingerprint density at radius 2 is 2.16 bits per heavy atom. The number of hydrogen-bond donors (Lipinski definition) is 1. The Morgan fingerprint density at radius 1 is 1.32 bits per heavy atom. The zero-order chi connectivity index (χ0) is 17.4. The van der Waals surface area contributed by atoms with Crippen LogP contribution < -0.4 is 0 Å². The highest BCUT2D eigenvalue weighted by Crippen LogP contribution is 2.33. The van der Waals surface area contributed by atoms with Gasteiger partial charge in [0.2, 0.25) is 0 Å². The van der Waals surface area contributed by atoms with Gasteiger partial charge in [-0.3, -0.25) is 9.48 Å². The van der Waals surface area contributed by atoms with Gasteiger partial charge in [0.25, 0.3) is 5.91 Å². The van der Waals surface area contributed by atoms with Crippen molar-refractivity contribution in [2.24, 2.45) is 7.05 Å². The second-order valence-corrected chi connectivity index (χ2v) is 6.22. The number of imidazole rings is 1. The molecule has 4 rings (SSSR count). The maximum atomic E-state index is 14.0. The monoisotopic (exact) mass is 339 g/mol. The number of aryl methyl sites for hydroxylation is 1. The minimum absolute atomic E-state index is 0.0561. The number of rotatable bonds is 3. The van der Waals surface area contributed by atoms with E-state index in [4.69, 9.17) is 0 Å². The number of amides is 1. The van der Waals surface area contributed by atoms with Gasteiger partial charge in [-0.2, -0.15) is 5.10 Å². The lowest BCUT2D eigenvalue weighted by Gasteiger charge is -2.22. The van der Waals surface area contributed by atoms with E-state index in [-0.39, 0.29) is 17.8 Å². The quantitative estimate of drug-likeness (QED) is 0.798. The molecule has 0 spiro atoms. The number of carbonyl (C=O) groups is 1. The first-order valence-electron chi connectivity index (χ1n) is 8.23. The summed E-state index contributed by atoms with van der Waals surface area (Å²) in [5, 5.41) is 4.06. The van der Waals surface area contributed by atoms with Crippen molar-refractivity contribution < 1.29 is 9.18 Å². The Kier molecular flexibility index (Phi) is 3.83. The van der Waals surface area contributed by atoms with Crippen LogP contribution in [-0.2, 0) is 7.05 Å². The van der Waals surface area contributed by atoms with E-state index in [1.807, 2.05) is 0 Å². The SMILES string of the molecule is Cn1cc(C(=O)N2CCCC2c2ncc(-c3ccccc3F)[nH]2)cn1. The third-order valence-electron chi connectivity index (χ3n) is 4.54. The highest BCUT2D eigenvalue weighted by Gasteiger charge is 2.33. The Labute approximate surface area is 144 Å². The van der Waals surface area contributed by atoms with Crippen LogP contribution in [0.4, 0.5) is 4.39 Å². The van der Waals surface area contributed by atoms with E-state index in [2.05, 4.69) is 15.1 Å². The normalized spacial score (nSPS) is 17.2. The molecule has 3 aromatic rings. The maximum absolute atomic E-state index is 14.0. The van der Waals surface area contributed by atoms with Gasteiger partial charge >= 0.3 is 0 Å². The largest absolute Gasteiger partial charge is 0.340 e. The van der Waals surface area contributed by atoms with Gasteiger partial charge in [-0.25, -0.2) is 9.37 Å². The average molecular weight is 339 g/mol. The second kappa shape index (κ2) is 6.16. The van der Waals surface area contributed by atoms with Crippen LogP contribution in [0, 0.1) is 5.82 Å². The summed E-state index contributed by atoms with van der Waals surface area (Å²) in [4.78, 5) is 22.2. The van der Waals surface area contributed by atoms with E-state index < -0.39 is 0 Å². The fourth-order valence-corrected chi connectivity index (χ4v) is 3.31. The van der Waals surface area contributed by atoms with Gasteiger partial charge in [0, 0.05) is 25.4 Å². The Hall–Kier alpha value is -2.96. The molecule has 1 aromatic carbocycles. The molecule has 0 aliphatic carbocycles. The van der Waals surface area contributed by atoms with Gasteiger partial charge in [0.05, 0.1) is 29.7 Å². The van der Waals surface area contributed by atoms with Gasteiger partial charge in [-0.15, -0.1) is 0 Å². The minimum Gasteiger partial charge on any atom is -0.340 e. The lowest BCUT2D eigenvalue weighted by molar-refractivity contribution is 0.0730. The van der Waals surface area contributed by atoms with Crippen molar-refractivity contribution in [3.8, 4) is 11.3 Å². The highest BCUT2D eigenvalue weighted by atomic mass is 19.1. The van der Waals surface area contributed by atoms with Crippen LogP contribution in [0.5, 0.6) is 0 Å². The van der Waals surface area contributed by atoms with Crippen molar-refractivity contribution in [1.29, 1.82) is 0 Å². The molecule has 1 aliphatic heterocycles. The first kappa shape index (κ1) is 15.6. The zero-order valence-corrected chi connectivity index (χ0v) is 13.8. The van der Waals surface area contributed by atoms with Crippen LogP contribution in [0.25, 0.3) is 11.3 Å². The van der Waals surface area contributed by atoms with Crippen molar-refractivity contribution in [2.75, 3.05) is 6.54 Å². The fraction of sp³-hybridized carbons (Fsp3) is 0.278. The standard InChI is InChI=1S/C18H18FN5O/c1-23-11-12(9-21-23)18(25)24-8-4-7-16(24)17-20-10-15(22-17)13-5-2-3-6-14(13)19/h2-3,5-6,9-11,16H,4,7-8H2,1H3,(H,20,22). The molecule has 7 heteroatoms. The predicted octanol–water partition coefficient (Wildman–Crippen LogP) is 2.93. The third-order valence-corrected chi connectivity index (χ3v) is 4.54. The predicted molar refractivity (Wildman–Crippen MR) is 90.2 cm³/mol. The summed E-state index contributed by atoms with van der Waals surface area (Å²) in [7, 11) is 1.78. The van der Waals surface area contributed by atoms with Crippen molar-refractivity contribution in [3.05, 3.63) is 60.1 Å². The van der Waals surface area contributed by atoms with Crippen LogP contribution in [0.2, 0.25) is 0 Å².